The first-order chi connectivity index (χ1) is 12.9. The van der Waals surface area contributed by atoms with Crippen LogP contribution in [-0.4, -0.2) is 37.5 Å². The van der Waals surface area contributed by atoms with E-state index >= 15 is 0 Å². The molecule has 0 radical (unpaired) electrons. The van der Waals surface area contributed by atoms with Crippen LogP contribution in [0.2, 0.25) is 0 Å². The summed E-state index contributed by atoms with van der Waals surface area (Å²) in [5.41, 5.74) is 1.62. The van der Waals surface area contributed by atoms with Gasteiger partial charge in [-0.05, 0) is 37.0 Å². The van der Waals surface area contributed by atoms with E-state index in [-0.39, 0.29) is 11.5 Å². The second-order valence-corrected chi connectivity index (χ2v) is 8.39. The van der Waals surface area contributed by atoms with E-state index in [1.807, 2.05) is 47.0 Å². The molecule has 1 aliphatic rings. The van der Waals surface area contributed by atoms with Crippen LogP contribution in [-0.2, 0) is 5.41 Å². The highest BCUT2D eigenvalue weighted by Crippen LogP contribution is 2.31. The summed E-state index contributed by atoms with van der Waals surface area (Å²) < 4.78 is 1.86. The summed E-state index contributed by atoms with van der Waals surface area (Å²) in [6.45, 7) is 7.31. The van der Waals surface area contributed by atoms with Crippen molar-refractivity contribution in [3.8, 4) is 0 Å². The molecule has 2 atom stereocenters. The molecule has 2 aromatic heterocycles. The first-order valence-electron chi connectivity index (χ1n) is 9.66. The van der Waals surface area contributed by atoms with Gasteiger partial charge in [-0.3, -0.25) is 0 Å². The van der Waals surface area contributed by atoms with Crippen molar-refractivity contribution >= 4 is 11.5 Å². The van der Waals surface area contributed by atoms with Crippen LogP contribution < -0.4 is 4.90 Å². The van der Waals surface area contributed by atoms with E-state index < -0.39 is 6.10 Å². The highest BCUT2D eigenvalue weighted by atomic mass is 16.3. The number of hydrogen-bond donors (Lipinski definition) is 1. The zero-order valence-electron chi connectivity index (χ0n) is 16.2. The second kappa shape index (κ2) is 6.93. The molecule has 0 amide bonds. The van der Waals surface area contributed by atoms with Crippen LogP contribution in [0.3, 0.4) is 0 Å². The van der Waals surface area contributed by atoms with Crippen LogP contribution in [0.1, 0.15) is 57.5 Å². The minimum atomic E-state index is -0.458. The second-order valence-electron chi connectivity index (χ2n) is 8.39. The predicted octanol–water partition coefficient (Wildman–Crippen LogP) is 3.51. The standard InChI is InChI=1S/C21H27N5O/c1-21(2,3)20-23-22-18-11-12-19(24-26(18)20)25-13-7-10-16(25)14-17(27)15-8-5-4-6-9-15/h4-6,8-9,11-12,16-17,27H,7,10,13-14H2,1-3H3. The summed E-state index contributed by atoms with van der Waals surface area (Å²) in [5, 5.41) is 24.1. The van der Waals surface area contributed by atoms with Crippen molar-refractivity contribution in [2.24, 2.45) is 0 Å². The SMILES string of the molecule is CC(C)(C)c1nnc2ccc(N3CCCC3CC(O)c3ccccc3)nn12. The largest absolute Gasteiger partial charge is 0.388 e. The van der Waals surface area contributed by atoms with E-state index in [1.165, 1.54) is 0 Å². The molecule has 3 heterocycles. The fourth-order valence-corrected chi connectivity index (χ4v) is 3.85. The van der Waals surface area contributed by atoms with Crippen LogP contribution in [0, 0.1) is 0 Å². The Labute approximate surface area is 159 Å². The Morgan fingerprint density at radius 1 is 1.11 bits per heavy atom. The highest BCUT2D eigenvalue weighted by Gasteiger charge is 2.29. The van der Waals surface area contributed by atoms with Gasteiger partial charge in [-0.25, -0.2) is 0 Å². The first kappa shape index (κ1) is 17.9. The molecule has 1 N–H and O–H groups in total. The number of rotatable bonds is 4. The summed E-state index contributed by atoms with van der Waals surface area (Å²) in [7, 11) is 0. The molecule has 1 fully saturated rings. The van der Waals surface area contributed by atoms with Crippen LogP contribution in [0.25, 0.3) is 5.65 Å². The normalized spacial score (nSPS) is 19.0. The molecule has 0 aliphatic carbocycles. The van der Waals surface area contributed by atoms with Crippen molar-refractivity contribution in [1.82, 2.24) is 19.8 Å². The van der Waals surface area contributed by atoms with Gasteiger partial charge in [-0.1, -0.05) is 51.1 Å². The van der Waals surface area contributed by atoms with Crippen molar-refractivity contribution in [3.63, 3.8) is 0 Å². The van der Waals surface area contributed by atoms with Crippen molar-refractivity contribution in [3.05, 3.63) is 53.9 Å². The van der Waals surface area contributed by atoms with Gasteiger partial charge in [0.2, 0.25) is 0 Å². The van der Waals surface area contributed by atoms with Crippen LogP contribution in [0.15, 0.2) is 42.5 Å². The third-order valence-corrected chi connectivity index (χ3v) is 5.27. The van der Waals surface area contributed by atoms with Gasteiger partial charge >= 0.3 is 0 Å². The minimum Gasteiger partial charge on any atom is -0.388 e. The lowest BCUT2D eigenvalue weighted by atomic mass is 9.96. The van der Waals surface area contributed by atoms with Crippen LogP contribution in [0.5, 0.6) is 0 Å². The number of aliphatic hydroxyl groups is 1. The molecule has 0 bridgehead atoms. The van der Waals surface area contributed by atoms with Crippen molar-refractivity contribution < 1.29 is 5.11 Å². The number of anilines is 1. The van der Waals surface area contributed by atoms with E-state index in [2.05, 4.69) is 35.9 Å². The summed E-state index contributed by atoms with van der Waals surface area (Å²) in [4.78, 5) is 2.32. The van der Waals surface area contributed by atoms with Gasteiger partial charge in [0.1, 0.15) is 5.82 Å². The van der Waals surface area contributed by atoms with Gasteiger partial charge < -0.3 is 10.0 Å². The monoisotopic (exact) mass is 365 g/mol. The lowest BCUT2D eigenvalue weighted by Gasteiger charge is -2.27. The fraction of sp³-hybridized carbons (Fsp3) is 0.476. The maximum absolute atomic E-state index is 10.7. The fourth-order valence-electron chi connectivity index (χ4n) is 3.85. The Bertz CT molecular complexity index is 915. The van der Waals surface area contributed by atoms with E-state index in [9.17, 15) is 5.11 Å². The molecule has 142 valence electrons. The molecule has 6 nitrogen and oxygen atoms in total. The minimum absolute atomic E-state index is 0.126. The van der Waals surface area contributed by atoms with Crippen molar-refractivity contribution in [2.45, 2.75) is 57.6 Å². The molecule has 1 aliphatic heterocycles. The number of aliphatic hydroxyl groups excluding tert-OH is 1. The summed E-state index contributed by atoms with van der Waals surface area (Å²) in [6, 6.07) is 14.2. The smallest absolute Gasteiger partial charge is 0.178 e. The third kappa shape index (κ3) is 3.54. The summed E-state index contributed by atoms with van der Waals surface area (Å²) >= 11 is 0. The average Bonchev–Trinajstić information content (AvgIpc) is 3.28. The summed E-state index contributed by atoms with van der Waals surface area (Å²) in [6.07, 6.45) is 2.43. The van der Waals surface area contributed by atoms with Gasteiger partial charge in [0.15, 0.2) is 11.5 Å². The maximum atomic E-state index is 10.7. The molecule has 6 heteroatoms. The number of benzene rings is 1. The molecule has 2 unspecified atom stereocenters. The lowest BCUT2D eigenvalue weighted by molar-refractivity contribution is 0.158. The van der Waals surface area contributed by atoms with E-state index in [0.29, 0.717) is 6.42 Å². The third-order valence-electron chi connectivity index (χ3n) is 5.27. The molecule has 3 aromatic rings. The molecule has 27 heavy (non-hydrogen) atoms. The first-order valence-corrected chi connectivity index (χ1v) is 9.66. The Kier molecular flexibility index (Phi) is 4.60. The lowest BCUT2D eigenvalue weighted by Crippen LogP contribution is -2.32. The molecular weight excluding hydrogens is 338 g/mol. The van der Waals surface area contributed by atoms with E-state index in [4.69, 9.17) is 5.10 Å². The molecular formula is C21H27N5O. The van der Waals surface area contributed by atoms with Gasteiger partial charge in [0.05, 0.1) is 6.10 Å². The Morgan fingerprint density at radius 2 is 1.89 bits per heavy atom. The highest BCUT2D eigenvalue weighted by molar-refractivity contribution is 5.47. The van der Waals surface area contributed by atoms with Gasteiger partial charge in [-0.15, -0.1) is 15.3 Å². The Hall–Kier alpha value is -2.47. The van der Waals surface area contributed by atoms with Gasteiger partial charge in [0.25, 0.3) is 0 Å². The predicted molar refractivity (Wildman–Crippen MR) is 106 cm³/mol. The van der Waals surface area contributed by atoms with Crippen molar-refractivity contribution in [1.29, 1.82) is 0 Å². The molecule has 0 saturated carbocycles. The average molecular weight is 365 g/mol. The van der Waals surface area contributed by atoms with Crippen LogP contribution in [0.4, 0.5) is 5.82 Å². The number of hydrogen-bond acceptors (Lipinski definition) is 5. The molecule has 0 spiro atoms. The zero-order valence-corrected chi connectivity index (χ0v) is 16.2. The van der Waals surface area contributed by atoms with Gasteiger partial charge in [0, 0.05) is 18.0 Å². The molecule has 4 rings (SSSR count). The van der Waals surface area contributed by atoms with E-state index in [1.54, 1.807) is 0 Å². The van der Waals surface area contributed by atoms with Crippen LogP contribution >= 0.6 is 0 Å². The number of fused-ring (bicyclic) bond motifs is 1. The number of aromatic nitrogens is 4. The zero-order chi connectivity index (χ0) is 19.0. The maximum Gasteiger partial charge on any atom is 0.178 e. The Morgan fingerprint density at radius 3 is 2.63 bits per heavy atom. The summed E-state index contributed by atoms with van der Waals surface area (Å²) in [5.74, 6) is 1.79. The van der Waals surface area contributed by atoms with Crippen molar-refractivity contribution in [2.75, 3.05) is 11.4 Å². The topological polar surface area (TPSA) is 66.5 Å². The Balaban J connectivity index is 1.60. The quantitative estimate of drug-likeness (QED) is 0.766. The number of nitrogens with zero attached hydrogens (tertiary/aromatic N) is 5. The van der Waals surface area contributed by atoms with E-state index in [0.717, 1.165) is 42.2 Å². The molecule has 1 saturated heterocycles. The van der Waals surface area contributed by atoms with Gasteiger partial charge in [-0.2, -0.15) is 4.52 Å². The molecule has 1 aromatic carbocycles.